The summed E-state index contributed by atoms with van der Waals surface area (Å²) in [5.41, 5.74) is 1.95. The minimum Gasteiger partial charge on any atom is -0.478 e. The van der Waals surface area contributed by atoms with Gasteiger partial charge in [-0.2, -0.15) is 0 Å². The van der Waals surface area contributed by atoms with E-state index < -0.39 is 5.97 Å². The van der Waals surface area contributed by atoms with Crippen molar-refractivity contribution in [3.8, 4) is 0 Å². The van der Waals surface area contributed by atoms with E-state index in [0.717, 1.165) is 24.2 Å². The van der Waals surface area contributed by atoms with Gasteiger partial charge in [0.05, 0.1) is 10.9 Å². The number of aryl methyl sites for hydroxylation is 1. The number of rotatable bonds is 6. The van der Waals surface area contributed by atoms with Gasteiger partial charge in [-0.15, -0.1) is 11.3 Å². The molecule has 0 bridgehead atoms. The fourth-order valence-corrected chi connectivity index (χ4v) is 4.97. The van der Waals surface area contributed by atoms with E-state index in [0.29, 0.717) is 35.3 Å². The number of carboxylic acid groups (broad SMARTS) is 1. The molecule has 0 saturated heterocycles. The number of benzene rings is 1. The molecule has 4 nitrogen and oxygen atoms in total. The third-order valence-corrected chi connectivity index (χ3v) is 6.42. The highest BCUT2D eigenvalue weighted by molar-refractivity contribution is 7.10. The van der Waals surface area contributed by atoms with Gasteiger partial charge in [0, 0.05) is 22.3 Å². The third kappa shape index (κ3) is 3.00. The molecular weight excluding hydrogens is 360 g/mol. The summed E-state index contributed by atoms with van der Waals surface area (Å²) in [4.78, 5) is 26.3. The first-order chi connectivity index (χ1) is 13.1. The van der Waals surface area contributed by atoms with Crippen LogP contribution in [0, 0.1) is 0 Å². The van der Waals surface area contributed by atoms with Gasteiger partial charge in [0.25, 0.3) is 0 Å². The SMILES string of the molecule is CCCc1c(C2CC2c2cccs2)oc2ccc(C(=O)O)c(CC)c2c1=O. The third-order valence-electron chi connectivity index (χ3n) is 5.41. The van der Waals surface area contributed by atoms with Crippen molar-refractivity contribution in [2.24, 2.45) is 0 Å². The summed E-state index contributed by atoms with van der Waals surface area (Å²) in [6, 6.07) is 7.39. The number of hydrogen-bond acceptors (Lipinski definition) is 4. The van der Waals surface area contributed by atoms with E-state index in [4.69, 9.17) is 4.42 Å². The molecule has 1 aliphatic carbocycles. The Balaban J connectivity index is 1.91. The van der Waals surface area contributed by atoms with Gasteiger partial charge in [-0.1, -0.05) is 26.3 Å². The second-order valence-electron chi connectivity index (χ2n) is 7.11. The minimum atomic E-state index is -1.01. The Hall–Kier alpha value is -2.40. The van der Waals surface area contributed by atoms with Crippen molar-refractivity contribution in [1.82, 2.24) is 0 Å². The molecule has 2 aromatic heterocycles. The zero-order valence-electron chi connectivity index (χ0n) is 15.5. The fraction of sp³-hybridized carbons (Fsp3) is 0.364. The highest BCUT2D eigenvalue weighted by Crippen LogP contribution is 2.56. The Morgan fingerprint density at radius 3 is 2.67 bits per heavy atom. The number of aromatic carboxylic acids is 1. The topological polar surface area (TPSA) is 67.5 Å². The molecule has 2 heterocycles. The summed E-state index contributed by atoms with van der Waals surface area (Å²) in [5.74, 6) is 0.462. The number of thiophene rings is 1. The molecule has 1 N–H and O–H groups in total. The van der Waals surface area contributed by atoms with Gasteiger partial charge in [-0.25, -0.2) is 4.79 Å². The molecule has 4 rings (SSSR count). The minimum absolute atomic E-state index is 0.0510. The standard InChI is InChI=1S/C22H22O4S/c1-3-6-14-20(23)19-12(4-2)13(22(24)25)8-9-17(19)26-21(14)16-11-15(16)18-7-5-10-27-18/h5,7-10,15-16H,3-4,6,11H2,1-2H3,(H,24,25). The van der Waals surface area contributed by atoms with Crippen molar-refractivity contribution in [3.63, 3.8) is 0 Å². The van der Waals surface area contributed by atoms with Gasteiger partial charge in [0.1, 0.15) is 11.3 Å². The lowest BCUT2D eigenvalue weighted by Crippen LogP contribution is -2.16. The maximum atomic E-state index is 13.4. The van der Waals surface area contributed by atoms with Gasteiger partial charge in [0.15, 0.2) is 5.43 Å². The van der Waals surface area contributed by atoms with Crippen LogP contribution < -0.4 is 5.43 Å². The van der Waals surface area contributed by atoms with Gasteiger partial charge < -0.3 is 9.52 Å². The fourth-order valence-electron chi connectivity index (χ4n) is 4.06. The van der Waals surface area contributed by atoms with Gasteiger partial charge in [0.2, 0.25) is 0 Å². The second-order valence-corrected chi connectivity index (χ2v) is 8.09. The Morgan fingerprint density at radius 1 is 1.22 bits per heavy atom. The van der Waals surface area contributed by atoms with Crippen molar-refractivity contribution in [2.75, 3.05) is 0 Å². The van der Waals surface area contributed by atoms with Gasteiger partial charge in [-0.05, 0) is 48.4 Å². The molecule has 0 aliphatic heterocycles. The molecular formula is C22H22O4S. The lowest BCUT2D eigenvalue weighted by atomic mass is 9.96. The average molecular weight is 382 g/mol. The quantitative estimate of drug-likeness (QED) is 0.625. The van der Waals surface area contributed by atoms with Gasteiger partial charge >= 0.3 is 5.97 Å². The predicted molar refractivity (Wildman–Crippen MR) is 107 cm³/mol. The average Bonchev–Trinajstić information content (AvgIpc) is 3.26. The molecule has 1 fully saturated rings. The Labute approximate surface area is 161 Å². The van der Waals surface area contributed by atoms with E-state index in [9.17, 15) is 14.7 Å². The van der Waals surface area contributed by atoms with E-state index in [2.05, 4.69) is 17.5 Å². The van der Waals surface area contributed by atoms with Crippen LogP contribution in [-0.2, 0) is 12.8 Å². The first-order valence-electron chi connectivity index (χ1n) is 9.44. The lowest BCUT2D eigenvalue weighted by Gasteiger charge is -2.13. The molecule has 140 valence electrons. The summed E-state index contributed by atoms with van der Waals surface area (Å²) < 4.78 is 6.27. The first-order valence-corrected chi connectivity index (χ1v) is 10.3. The van der Waals surface area contributed by atoms with Crippen molar-refractivity contribution < 1.29 is 14.3 Å². The van der Waals surface area contributed by atoms with Crippen LogP contribution in [0.1, 0.15) is 70.6 Å². The predicted octanol–water partition coefficient (Wildman–Crippen LogP) is 5.34. The zero-order valence-corrected chi connectivity index (χ0v) is 16.3. The molecule has 27 heavy (non-hydrogen) atoms. The summed E-state index contributed by atoms with van der Waals surface area (Å²) in [6.07, 6.45) is 2.98. The van der Waals surface area contributed by atoms with Crippen molar-refractivity contribution in [3.05, 3.63) is 67.2 Å². The first kappa shape index (κ1) is 18.0. The maximum Gasteiger partial charge on any atom is 0.335 e. The van der Waals surface area contributed by atoms with Crippen LogP contribution in [0.15, 0.2) is 38.9 Å². The summed E-state index contributed by atoms with van der Waals surface area (Å²) in [7, 11) is 0. The van der Waals surface area contributed by atoms with E-state index in [1.165, 1.54) is 4.88 Å². The number of carboxylic acids is 1. The van der Waals surface area contributed by atoms with Crippen LogP contribution in [0.3, 0.4) is 0 Å². The number of carbonyl (C=O) groups is 1. The number of hydrogen-bond donors (Lipinski definition) is 1. The van der Waals surface area contributed by atoms with Crippen LogP contribution in [-0.4, -0.2) is 11.1 Å². The van der Waals surface area contributed by atoms with E-state index >= 15 is 0 Å². The van der Waals surface area contributed by atoms with E-state index in [1.807, 2.05) is 13.8 Å². The molecule has 1 aromatic carbocycles. The van der Waals surface area contributed by atoms with Gasteiger partial charge in [-0.3, -0.25) is 4.79 Å². The molecule has 1 saturated carbocycles. The second kappa shape index (κ2) is 6.97. The van der Waals surface area contributed by atoms with Crippen LogP contribution >= 0.6 is 11.3 Å². The van der Waals surface area contributed by atoms with Crippen molar-refractivity contribution >= 4 is 28.3 Å². The highest BCUT2D eigenvalue weighted by atomic mass is 32.1. The zero-order chi connectivity index (χ0) is 19.1. The van der Waals surface area contributed by atoms with E-state index in [-0.39, 0.29) is 16.9 Å². The van der Waals surface area contributed by atoms with Crippen LogP contribution in [0.5, 0.6) is 0 Å². The van der Waals surface area contributed by atoms with Crippen molar-refractivity contribution in [1.29, 1.82) is 0 Å². The van der Waals surface area contributed by atoms with Crippen molar-refractivity contribution in [2.45, 2.75) is 51.4 Å². The molecule has 0 radical (unpaired) electrons. The Kier molecular flexibility index (Phi) is 4.64. The molecule has 3 aromatic rings. The van der Waals surface area contributed by atoms with Crippen LogP contribution in [0.25, 0.3) is 11.0 Å². The van der Waals surface area contributed by atoms with Crippen LogP contribution in [0.4, 0.5) is 0 Å². The highest BCUT2D eigenvalue weighted by Gasteiger charge is 2.44. The molecule has 5 heteroatoms. The molecule has 0 amide bonds. The summed E-state index contributed by atoms with van der Waals surface area (Å²) >= 11 is 1.75. The lowest BCUT2D eigenvalue weighted by molar-refractivity contribution is 0.0696. The largest absolute Gasteiger partial charge is 0.478 e. The smallest absolute Gasteiger partial charge is 0.335 e. The molecule has 2 atom stereocenters. The van der Waals surface area contributed by atoms with E-state index in [1.54, 1.807) is 23.5 Å². The molecule has 0 spiro atoms. The maximum absolute atomic E-state index is 13.4. The summed E-state index contributed by atoms with van der Waals surface area (Å²) in [5, 5.41) is 12.0. The Morgan fingerprint density at radius 2 is 2.04 bits per heavy atom. The number of fused-ring (bicyclic) bond motifs is 1. The molecule has 2 unspecified atom stereocenters. The normalized spacial score (nSPS) is 18.7. The Bertz CT molecular complexity index is 1060. The summed E-state index contributed by atoms with van der Waals surface area (Å²) in [6.45, 7) is 3.92. The van der Waals surface area contributed by atoms with Crippen LogP contribution in [0.2, 0.25) is 0 Å². The molecule has 1 aliphatic rings. The monoisotopic (exact) mass is 382 g/mol.